The predicted molar refractivity (Wildman–Crippen MR) is 71.7 cm³/mol. The van der Waals surface area contributed by atoms with Crippen molar-refractivity contribution in [2.24, 2.45) is 0 Å². The highest BCUT2D eigenvalue weighted by molar-refractivity contribution is 6.29. The van der Waals surface area contributed by atoms with E-state index in [0.717, 1.165) is 5.69 Å². The Labute approximate surface area is 116 Å². The lowest BCUT2D eigenvalue weighted by molar-refractivity contribution is 0.128. The number of nitrogens with zero attached hydrogens (tertiary/aromatic N) is 4. The van der Waals surface area contributed by atoms with Gasteiger partial charge in [-0.25, -0.2) is 19.9 Å². The van der Waals surface area contributed by atoms with E-state index in [1.54, 1.807) is 12.3 Å². The smallest absolute Gasteiger partial charge is 0.158 e. The van der Waals surface area contributed by atoms with Crippen molar-refractivity contribution in [3.63, 3.8) is 0 Å². The van der Waals surface area contributed by atoms with Crippen LogP contribution in [0.2, 0.25) is 5.15 Å². The number of hydrogen-bond donors (Lipinski definition) is 1. The average Bonchev–Trinajstić information content (AvgIpc) is 2.43. The highest BCUT2D eigenvalue weighted by atomic mass is 35.5. The number of nitrogens with one attached hydrogen (secondary N) is 1. The van der Waals surface area contributed by atoms with Crippen LogP contribution >= 0.6 is 11.6 Å². The summed E-state index contributed by atoms with van der Waals surface area (Å²) in [5.74, 6) is 1.20. The lowest BCUT2D eigenvalue weighted by Gasteiger charge is -2.07. The summed E-state index contributed by atoms with van der Waals surface area (Å²) in [5.41, 5.74) is 0.871. The number of ether oxygens (including phenoxy) is 1. The molecule has 2 aromatic rings. The zero-order chi connectivity index (χ0) is 13.5. The van der Waals surface area contributed by atoms with Crippen LogP contribution in [0.3, 0.4) is 0 Å². The molecule has 0 spiro atoms. The van der Waals surface area contributed by atoms with Crippen LogP contribution in [0.25, 0.3) is 0 Å². The number of rotatable bonds is 6. The van der Waals surface area contributed by atoms with Gasteiger partial charge in [0.25, 0.3) is 0 Å². The predicted octanol–water partition coefficient (Wildman–Crippen LogP) is 2.07. The normalized spacial score (nSPS) is 10.4. The third-order valence-corrected chi connectivity index (χ3v) is 2.46. The van der Waals surface area contributed by atoms with E-state index in [4.69, 9.17) is 16.3 Å². The van der Waals surface area contributed by atoms with Crippen molar-refractivity contribution in [3.8, 4) is 0 Å². The minimum Gasteiger partial charge on any atom is -0.374 e. The monoisotopic (exact) mass is 279 g/mol. The van der Waals surface area contributed by atoms with Crippen LogP contribution in [0.15, 0.2) is 24.7 Å². The molecule has 0 saturated heterocycles. The second-order valence-corrected chi connectivity index (χ2v) is 4.07. The summed E-state index contributed by atoms with van der Waals surface area (Å²) in [4.78, 5) is 16.4. The number of halogens is 1. The Bertz CT molecular complexity index is 523. The molecular weight excluding hydrogens is 266 g/mol. The van der Waals surface area contributed by atoms with Crippen molar-refractivity contribution >= 4 is 17.4 Å². The van der Waals surface area contributed by atoms with E-state index in [9.17, 15) is 0 Å². The molecule has 0 aliphatic heterocycles. The molecule has 6 nitrogen and oxygen atoms in total. The van der Waals surface area contributed by atoms with Crippen LogP contribution in [0.1, 0.15) is 18.4 Å². The molecule has 0 radical (unpaired) electrons. The number of anilines is 1. The first-order valence-corrected chi connectivity index (χ1v) is 6.25. The maximum absolute atomic E-state index is 5.94. The van der Waals surface area contributed by atoms with Gasteiger partial charge in [0.05, 0.1) is 12.2 Å². The molecule has 19 heavy (non-hydrogen) atoms. The number of aromatic nitrogens is 4. The molecule has 0 amide bonds. The Hall–Kier alpha value is -1.79. The summed E-state index contributed by atoms with van der Waals surface area (Å²) in [6, 6.07) is 3.50. The van der Waals surface area contributed by atoms with Gasteiger partial charge >= 0.3 is 0 Å². The van der Waals surface area contributed by atoms with Crippen LogP contribution in [-0.4, -0.2) is 26.5 Å². The lowest BCUT2D eigenvalue weighted by atomic mass is 10.4. The van der Waals surface area contributed by atoms with E-state index in [1.165, 1.54) is 6.33 Å². The molecule has 0 fully saturated rings. The SMILES string of the molecule is CCOCc1nc(Cl)cc(NCc2ccncn2)n1. The van der Waals surface area contributed by atoms with Gasteiger partial charge in [0, 0.05) is 18.9 Å². The molecule has 100 valence electrons. The number of hydrogen-bond acceptors (Lipinski definition) is 6. The molecule has 0 saturated carbocycles. The molecule has 2 rings (SSSR count). The summed E-state index contributed by atoms with van der Waals surface area (Å²) < 4.78 is 5.26. The Morgan fingerprint density at radius 2 is 2.26 bits per heavy atom. The summed E-state index contributed by atoms with van der Waals surface area (Å²) in [6.07, 6.45) is 3.20. The second kappa shape index (κ2) is 6.96. The molecule has 0 aliphatic carbocycles. The summed E-state index contributed by atoms with van der Waals surface area (Å²) in [6.45, 7) is 3.42. The third kappa shape index (κ3) is 4.42. The van der Waals surface area contributed by atoms with Gasteiger partial charge in [0.1, 0.15) is 23.9 Å². The van der Waals surface area contributed by atoms with Crippen molar-refractivity contribution in [1.82, 2.24) is 19.9 Å². The lowest BCUT2D eigenvalue weighted by Crippen LogP contribution is -2.06. The fourth-order valence-electron chi connectivity index (χ4n) is 1.42. The molecule has 1 N–H and O–H groups in total. The zero-order valence-electron chi connectivity index (χ0n) is 10.5. The van der Waals surface area contributed by atoms with Gasteiger partial charge in [-0.1, -0.05) is 11.6 Å². The van der Waals surface area contributed by atoms with Crippen molar-refractivity contribution in [2.45, 2.75) is 20.1 Å². The Morgan fingerprint density at radius 1 is 1.37 bits per heavy atom. The van der Waals surface area contributed by atoms with Gasteiger partial charge in [-0.3, -0.25) is 0 Å². The maximum atomic E-state index is 5.94. The van der Waals surface area contributed by atoms with E-state index in [-0.39, 0.29) is 0 Å². The first-order chi connectivity index (χ1) is 9.28. The Balaban J connectivity index is 2.01. The van der Waals surface area contributed by atoms with Gasteiger partial charge in [0.2, 0.25) is 0 Å². The summed E-state index contributed by atoms with van der Waals surface area (Å²) >= 11 is 5.94. The van der Waals surface area contributed by atoms with Crippen LogP contribution in [-0.2, 0) is 17.9 Å². The van der Waals surface area contributed by atoms with Gasteiger partial charge in [-0.2, -0.15) is 0 Å². The van der Waals surface area contributed by atoms with Crippen molar-refractivity contribution < 1.29 is 4.74 Å². The quantitative estimate of drug-likeness (QED) is 0.816. The molecule has 2 heterocycles. The van der Waals surface area contributed by atoms with Crippen molar-refractivity contribution in [1.29, 1.82) is 0 Å². The standard InChI is InChI=1S/C12H14ClN5O/c1-2-19-7-12-17-10(13)5-11(18-12)15-6-9-3-4-14-8-16-9/h3-5,8H,2,6-7H2,1H3,(H,15,17,18). The van der Waals surface area contributed by atoms with Crippen LogP contribution < -0.4 is 5.32 Å². The van der Waals surface area contributed by atoms with E-state index in [1.807, 2.05) is 13.0 Å². The molecule has 7 heteroatoms. The molecule has 0 aromatic carbocycles. The van der Waals surface area contributed by atoms with Crippen molar-refractivity contribution in [3.05, 3.63) is 41.3 Å². The van der Waals surface area contributed by atoms with Crippen LogP contribution in [0, 0.1) is 0 Å². The second-order valence-electron chi connectivity index (χ2n) is 3.68. The Morgan fingerprint density at radius 3 is 3.00 bits per heavy atom. The molecule has 0 bridgehead atoms. The summed E-state index contributed by atoms with van der Waals surface area (Å²) in [5, 5.41) is 3.52. The largest absolute Gasteiger partial charge is 0.374 e. The fourth-order valence-corrected chi connectivity index (χ4v) is 1.62. The molecule has 2 aromatic heterocycles. The molecule has 0 atom stereocenters. The van der Waals surface area contributed by atoms with E-state index >= 15 is 0 Å². The topological polar surface area (TPSA) is 72.8 Å². The van der Waals surface area contributed by atoms with E-state index < -0.39 is 0 Å². The van der Waals surface area contributed by atoms with Gasteiger partial charge < -0.3 is 10.1 Å². The minimum atomic E-state index is 0.346. The molecular formula is C12H14ClN5O. The minimum absolute atomic E-state index is 0.346. The first kappa shape index (κ1) is 13.6. The summed E-state index contributed by atoms with van der Waals surface area (Å²) in [7, 11) is 0. The zero-order valence-corrected chi connectivity index (χ0v) is 11.3. The van der Waals surface area contributed by atoms with Gasteiger partial charge in [-0.15, -0.1) is 0 Å². The Kier molecular flexibility index (Phi) is 5.00. The average molecular weight is 280 g/mol. The first-order valence-electron chi connectivity index (χ1n) is 5.88. The molecule has 0 unspecified atom stereocenters. The van der Waals surface area contributed by atoms with E-state index in [0.29, 0.717) is 36.6 Å². The van der Waals surface area contributed by atoms with Gasteiger partial charge in [0.15, 0.2) is 5.82 Å². The van der Waals surface area contributed by atoms with Crippen LogP contribution in [0.5, 0.6) is 0 Å². The van der Waals surface area contributed by atoms with E-state index in [2.05, 4.69) is 25.3 Å². The third-order valence-electron chi connectivity index (χ3n) is 2.27. The highest BCUT2D eigenvalue weighted by Crippen LogP contribution is 2.12. The van der Waals surface area contributed by atoms with Crippen LogP contribution in [0.4, 0.5) is 5.82 Å². The van der Waals surface area contributed by atoms with Crippen molar-refractivity contribution in [2.75, 3.05) is 11.9 Å². The fraction of sp³-hybridized carbons (Fsp3) is 0.333. The molecule has 0 aliphatic rings. The highest BCUT2D eigenvalue weighted by Gasteiger charge is 2.03. The maximum Gasteiger partial charge on any atom is 0.158 e. The van der Waals surface area contributed by atoms with Gasteiger partial charge in [-0.05, 0) is 13.0 Å².